The van der Waals surface area contributed by atoms with Gasteiger partial charge < -0.3 is 10.3 Å². The van der Waals surface area contributed by atoms with E-state index in [2.05, 4.69) is 26.0 Å². The maximum Gasteiger partial charge on any atom is 0.201 e. The standard InChI is InChI=1S/C13H13BrFN5/c1-19-8(2-4-17-19)3-5-20-12-6-9(14)10(15)7-11(12)18-13(20)16/h2,4,6-7H,3,5H2,1H3,(H2,16,18). The molecule has 0 aliphatic rings. The van der Waals surface area contributed by atoms with Crippen LogP contribution in [0.5, 0.6) is 0 Å². The Morgan fingerprint density at radius 2 is 2.20 bits per heavy atom. The first kappa shape index (κ1) is 13.1. The van der Waals surface area contributed by atoms with Crippen molar-refractivity contribution in [1.29, 1.82) is 0 Å². The molecule has 20 heavy (non-hydrogen) atoms. The molecule has 0 fully saturated rings. The summed E-state index contributed by atoms with van der Waals surface area (Å²) in [5.74, 6) is 0.0495. The lowest BCUT2D eigenvalue weighted by Crippen LogP contribution is -2.08. The molecular formula is C13H13BrFN5. The molecule has 3 rings (SSSR count). The van der Waals surface area contributed by atoms with Gasteiger partial charge in [0.2, 0.25) is 5.95 Å². The van der Waals surface area contributed by atoms with Crippen molar-refractivity contribution in [3.05, 3.63) is 40.4 Å². The second-order valence-electron chi connectivity index (χ2n) is 4.57. The summed E-state index contributed by atoms with van der Waals surface area (Å²) in [7, 11) is 1.90. The maximum atomic E-state index is 13.5. The van der Waals surface area contributed by atoms with Crippen molar-refractivity contribution in [1.82, 2.24) is 19.3 Å². The molecule has 0 saturated carbocycles. The first-order valence-electron chi connectivity index (χ1n) is 6.14. The molecule has 0 unspecified atom stereocenters. The van der Waals surface area contributed by atoms with Crippen molar-refractivity contribution in [3.63, 3.8) is 0 Å². The van der Waals surface area contributed by atoms with E-state index in [-0.39, 0.29) is 5.82 Å². The van der Waals surface area contributed by atoms with Crippen molar-refractivity contribution in [2.75, 3.05) is 5.73 Å². The third-order valence-electron chi connectivity index (χ3n) is 3.33. The highest BCUT2D eigenvalue weighted by Crippen LogP contribution is 2.25. The molecule has 0 amide bonds. The number of rotatable bonds is 3. The normalized spacial score (nSPS) is 11.3. The average molecular weight is 338 g/mol. The zero-order chi connectivity index (χ0) is 14.3. The van der Waals surface area contributed by atoms with E-state index in [0.29, 0.717) is 22.5 Å². The molecule has 2 aromatic heterocycles. The fourth-order valence-electron chi connectivity index (χ4n) is 2.25. The van der Waals surface area contributed by atoms with Crippen LogP contribution in [0.4, 0.5) is 10.3 Å². The molecule has 5 nitrogen and oxygen atoms in total. The second-order valence-corrected chi connectivity index (χ2v) is 5.43. The average Bonchev–Trinajstić information content (AvgIpc) is 2.92. The fourth-order valence-corrected chi connectivity index (χ4v) is 2.58. The van der Waals surface area contributed by atoms with E-state index in [1.807, 2.05) is 22.4 Å². The third kappa shape index (κ3) is 2.18. The van der Waals surface area contributed by atoms with Gasteiger partial charge in [-0.15, -0.1) is 0 Å². The van der Waals surface area contributed by atoms with Crippen LogP contribution in [-0.2, 0) is 20.0 Å². The minimum absolute atomic E-state index is 0.339. The lowest BCUT2D eigenvalue weighted by atomic mass is 10.3. The van der Waals surface area contributed by atoms with Crippen molar-refractivity contribution in [3.8, 4) is 0 Å². The Bertz CT molecular complexity index is 777. The molecule has 3 aromatic rings. The third-order valence-corrected chi connectivity index (χ3v) is 3.94. The Kier molecular flexibility index (Phi) is 3.21. The monoisotopic (exact) mass is 337 g/mol. The molecule has 104 valence electrons. The van der Waals surface area contributed by atoms with Crippen LogP contribution in [0.15, 0.2) is 28.9 Å². The molecule has 0 saturated heterocycles. The Hall–Kier alpha value is -1.89. The van der Waals surface area contributed by atoms with Crippen LogP contribution in [0, 0.1) is 5.82 Å². The summed E-state index contributed by atoms with van der Waals surface area (Å²) < 4.78 is 17.6. The molecule has 0 bridgehead atoms. The van der Waals surface area contributed by atoms with E-state index < -0.39 is 0 Å². The number of nitrogens with zero attached hydrogens (tertiary/aromatic N) is 4. The number of anilines is 1. The zero-order valence-corrected chi connectivity index (χ0v) is 12.4. The Balaban J connectivity index is 1.97. The molecule has 2 heterocycles. The van der Waals surface area contributed by atoms with Crippen LogP contribution in [0.1, 0.15) is 5.69 Å². The fraction of sp³-hybridized carbons (Fsp3) is 0.231. The highest BCUT2D eigenvalue weighted by molar-refractivity contribution is 9.10. The van der Waals surface area contributed by atoms with Crippen LogP contribution < -0.4 is 5.73 Å². The van der Waals surface area contributed by atoms with Crippen molar-refractivity contribution in [2.24, 2.45) is 7.05 Å². The van der Waals surface area contributed by atoms with Gasteiger partial charge in [-0.2, -0.15) is 5.10 Å². The van der Waals surface area contributed by atoms with Crippen LogP contribution in [0.3, 0.4) is 0 Å². The summed E-state index contributed by atoms with van der Waals surface area (Å²) in [5.41, 5.74) is 8.41. The first-order chi connectivity index (χ1) is 9.56. The van der Waals surface area contributed by atoms with Gasteiger partial charge in [-0.05, 0) is 28.1 Å². The number of nitrogens with two attached hydrogens (primary N) is 1. The van der Waals surface area contributed by atoms with Crippen LogP contribution in [-0.4, -0.2) is 19.3 Å². The predicted molar refractivity (Wildman–Crippen MR) is 78.7 cm³/mol. The Morgan fingerprint density at radius 1 is 1.40 bits per heavy atom. The number of halogens is 2. The van der Waals surface area contributed by atoms with Gasteiger partial charge in [0.25, 0.3) is 0 Å². The van der Waals surface area contributed by atoms with Gasteiger partial charge in [-0.1, -0.05) is 0 Å². The minimum Gasteiger partial charge on any atom is -0.369 e. The smallest absolute Gasteiger partial charge is 0.201 e. The molecule has 7 heteroatoms. The number of benzene rings is 1. The lowest BCUT2D eigenvalue weighted by Gasteiger charge is -2.07. The van der Waals surface area contributed by atoms with Gasteiger partial charge in [-0.3, -0.25) is 4.68 Å². The summed E-state index contributed by atoms with van der Waals surface area (Å²) in [6, 6.07) is 5.05. The lowest BCUT2D eigenvalue weighted by molar-refractivity contribution is 0.622. The Labute approximate surface area is 123 Å². The molecule has 0 aliphatic carbocycles. The number of aromatic nitrogens is 4. The predicted octanol–water partition coefficient (Wildman–Crippen LogP) is 2.50. The summed E-state index contributed by atoms with van der Waals surface area (Å²) in [6.45, 7) is 0.667. The van der Waals surface area contributed by atoms with E-state index in [9.17, 15) is 4.39 Å². The second kappa shape index (κ2) is 4.90. The highest BCUT2D eigenvalue weighted by Gasteiger charge is 2.12. The molecule has 0 aliphatic heterocycles. The highest BCUT2D eigenvalue weighted by atomic mass is 79.9. The van der Waals surface area contributed by atoms with Gasteiger partial charge >= 0.3 is 0 Å². The van der Waals surface area contributed by atoms with Crippen LogP contribution in [0.2, 0.25) is 0 Å². The Morgan fingerprint density at radius 3 is 2.90 bits per heavy atom. The number of hydrogen-bond acceptors (Lipinski definition) is 3. The number of nitrogen functional groups attached to an aromatic ring is 1. The van der Waals surface area contributed by atoms with Crippen molar-refractivity contribution in [2.45, 2.75) is 13.0 Å². The number of hydrogen-bond donors (Lipinski definition) is 1. The van der Waals surface area contributed by atoms with Gasteiger partial charge in [0.15, 0.2) is 0 Å². The summed E-state index contributed by atoms with van der Waals surface area (Å²) in [4.78, 5) is 4.19. The van der Waals surface area contributed by atoms with E-state index in [4.69, 9.17) is 5.73 Å². The zero-order valence-electron chi connectivity index (χ0n) is 10.8. The summed E-state index contributed by atoms with van der Waals surface area (Å²) >= 11 is 3.19. The SMILES string of the molecule is Cn1nccc1CCn1c(N)nc2cc(F)c(Br)cc21. The van der Waals surface area contributed by atoms with E-state index in [0.717, 1.165) is 17.6 Å². The van der Waals surface area contributed by atoms with Gasteiger partial charge in [0.05, 0.1) is 15.5 Å². The molecule has 0 radical (unpaired) electrons. The van der Waals surface area contributed by atoms with Gasteiger partial charge in [0.1, 0.15) is 5.82 Å². The summed E-state index contributed by atoms with van der Waals surface area (Å²) in [5, 5.41) is 4.13. The largest absolute Gasteiger partial charge is 0.369 e. The molecule has 0 atom stereocenters. The van der Waals surface area contributed by atoms with Gasteiger partial charge in [0, 0.05) is 38.0 Å². The van der Waals surface area contributed by atoms with E-state index in [1.54, 1.807) is 12.3 Å². The van der Waals surface area contributed by atoms with E-state index in [1.165, 1.54) is 6.07 Å². The van der Waals surface area contributed by atoms with Gasteiger partial charge in [-0.25, -0.2) is 9.37 Å². The van der Waals surface area contributed by atoms with Crippen LogP contribution in [0.25, 0.3) is 11.0 Å². The van der Waals surface area contributed by atoms with Crippen molar-refractivity contribution < 1.29 is 4.39 Å². The molecule has 0 spiro atoms. The maximum absolute atomic E-state index is 13.5. The van der Waals surface area contributed by atoms with E-state index >= 15 is 0 Å². The minimum atomic E-state index is -0.339. The van der Waals surface area contributed by atoms with Crippen LogP contribution >= 0.6 is 15.9 Å². The molecule has 2 N–H and O–H groups in total. The van der Waals surface area contributed by atoms with Crippen molar-refractivity contribution >= 4 is 32.9 Å². The topological polar surface area (TPSA) is 61.7 Å². The molecular weight excluding hydrogens is 325 g/mol. The number of imidazole rings is 1. The quantitative estimate of drug-likeness (QED) is 0.798. The molecule has 1 aromatic carbocycles. The number of aryl methyl sites for hydroxylation is 3. The summed E-state index contributed by atoms with van der Waals surface area (Å²) in [6.07, 6.45) is 2.54. The number of fused-ring (bicyclic) bond motifs is 1. The first-order valence-corrected chi connectivity index (χ1v) is 6.93.